The number of benzene rings is 3. The van der Waals surface area contributed by atoms with E-state index < -0.39 is 17.7 Å². The number of carbonyl (C=O) groups excluding carboxylic acids is 1. The van der Waals surface area contributed by atoms with E-state index in [0.717, 1.165) is 12.1 Å². The highest BCUT2D eigenvalue weighted by atomic mass is 19.1. The molecule has 4 rings (SSSR count). The maximum absolute atomic E-state index is 13.8. The summed E-state index contributed by atoms with van der Waals surface area (Å²) >= 11 is 0. The molecule has 0 saturated heterocycles. The smallest absolute Gasteiger partial charge is 0.303 e. The van der Waals surface area contributed by atoms with Crippen molar-refractivity contribution in [2.24, 2.45) is 4.99 Å². The number of rotatable bonds is 10. The Labute approximate surface area is 209 Å². The minimum absolute atomic E-state index is 0.00274. The summed E-state index contributed by atoms with van der Waals surface area (Å²) in [6, 6.07) is 18.9. The highest BCUT2D eigenvalue weighted by Crippen LogP contribution is 2.37. The zero-order valence-electron chi connectivity index (χ0n) is 20.2. The van der Waals surface area contributed by atoms with Crippen LogP contribution in [0.1, 0.15) is 29.0 Å². The van der Waals surface area contributed by atoms with Gasteiger partial charge in [-0.2, -0.15) is 0 Å². The second-order valence-corrected chi connectivity index (χ2v) is 8.89. The number of fused-ring (bicyclic) bond motifs is 1. The molecule has 3 aromatic carbocycles. The van der Waals surface area contributed by atoms with Gasteiger partial charge in [0.05, 0.1) is 11.4 Å². The Morgan fingerprint density at radius 1 is 1.11 bits per heavy atom. The van der Waals surface area contributed by atoms with E-state index in [0.29, 0.717) is 47.0 Å². The minimum atomic E-state index is -0.881. The zero-order valence-corrected chi connectivity index (χ0v) is 20.2. The molecule has 0 spiro atoms. The quantitative estimate of drug-likeness (QED) is 0.405. The van der Waals surface area contributed by atoms with Gasteiger partial charge in [-0.25, -0.2) is 4.39 Å². The maximum Gasteiger partial charge on any atom is 0.303 e. The summed E-state index contributed by atoms with van der Waals surface area (Å²) in [5, 5.41) is 11.8. The van der Waals surface area contributed by atoms with E-state index in [1.807, 2.05) is 67.5 Å². The molecule has 0 aliphatic carbocycles. The lowest BCUT2D eigenvalue weighted by Gasteiger charge is -2.15. The van der Waals surface area contributed by atoms with Gasteiger partial charge in [-0.05, 0) is 79.7 Å². The maximum atomic E-state index is 13.8. The van der Waals surface area contributed by atoms with Crippen LogP contribution in [0.3, 0.4) is 0 Å². The van der Waals surface area contributed by atoms with Gasteiger partial charge in [0.1, 0.15) is 24.1 Å². The van der Waals surface area contributed by atoms with Gasteiger partial charge < -0.3 is 20.1 Å². The fourth-order valence-corrected chi connectivity index (χ4v) is 4.04. The molecule has 0 radical (unpaired) electrons. The molecule has 1 atom stereocenters. The summed E-state index contributed by atoms with van der Waals surface area (Å²) in [6.45, 7) is 1.35. The molecule has 8 heteroatoms. The van der Waals surface area contributed by atoms with Gasteiger partial charge in [0.2, 0.25) is 5.91 Å². The van der Waals surface area contributed by atoms with E-state index in [4.69, 9.17) is 14.8 Å². The SMILES string of the molecule is CN(C)CCOc1ccc(N=C(c2cccc(CCC(=O)O)c2)C2C(=O)Nc3cc(F)ccc32)cc1. The Morgan fingerprint density at radius 3 is 2.61 bits per heavy atom. The number of amides is 1. The van der Waals surface area contributed by atoms with Crippen LogP contribution in [0.2, 0.25) is 0 Å². The summed E-state index contributed by atoms with van der Waals surface area (Å²) in [5.74, 6) is -1.64. The Morgan fingerprint density at radius 2 is 1.89 bits per heavy atom. The predicted octanol–water partition coefficient (Wildman–Crippen LogP) is 4.64. The number of hydrogen-bond acceptors (Lipinski definition) is 5. The number of halogens is 1. The number of nitrogens with zero attached hydrogens (tertiary/aromatic N) is 2. The molecule has 1 aliphatic rings. The molecule has 2 N–H and O–H groups in total. The molecule has 0 aromatic heterocycles. The first kappa shape index (κ1) is 25.1. The fraction of sp³-hybridized carbons (Fsp3) is 0.250. The normalized spacial score (nSPS) is 15.1. The number of nitrogens with one attached hydrogen (secondary N) is 1. The number of carboxylic acids is 1. The molecule has 0 fully saturated rings. The molecule has 1 heterocycles. The van der Waals surface area contributed by atoms with Crippen LogP contribution in [0.15, 0.2) is 71.7 Å². The minimum Gasteiger partial charge on any atom is -0.492 e. The van der Waals surface area contributed by atoms with Crippen LogP contribution in [0.4, 0.5) is 15.8 Å². The number of aryl methyl sites for hydroxylation is 1. The van der Waals surface area contributed by atoms with Gasteiger partial charge in [-0.1, -0.05) is 24.3 Å². The molecule has 1 unspecified atom stereocenters. The zero-order chi connectivity index (χ0) is 25.7. The van der Waals surface area contributed by atoms with Crippen molar-refractivity contribution in [1.29, 1.82) is 0 Å². The van der Waals surface area contributed by atoms with Crippen molar-refractivity contribution in [2.75, 3.05) is 32.6 Å². The Hall–Kier alpha value is -4.04. The molecule has 3 aromatic rings. The van der Waals surface area contributed by atoms with Crippen LogP contribution in [0, 0.1) is 5.82 Å². The first-order valence-corrected chi connectivity index (χ1v) is 11.7. The molecular formula is C28H28FN3O4. The number of likely N-dealkylation sites (N-methyl/N-ethyl adjacent to an activating group) is 1. The van der Waals surface area contributed by atoms with Gasteiger partial charge in [0.25, 0.3) is 0 Å². The van der Waals surface area contributed by atoms with Gasteiger partial charge in [-0.15, -0.1) is 0 Å². The van der Waals surface area contributed by atoms with Crippen LogP contribution in [-0.2, 0) is 16.0 Å². The molecule has 1 aliphatic heterocycles. The first-order chi connectivity index (χ1) is 17.3. The molecular weight excluding hydrogens is 461 g/mol. The lowest BCUT2D eigenvalue weighted by atomic mass is 9.89. The highest BCUT2D eigenvalue weighted by Gasteiger charge is 2.35. The van der Waals surface area contributed by atoms with E-state index >= 15 is 0 Å². The number of aliphatic imine (C=N–C) groups is 1. The van der Waals surface area contributed by atoms with Gasteiger partial charge in [0.15, 0.2) is 0 Å². The number of hydrogen-bond donors (Lipinski definition) is 2. The first-order valence-electron chi connectivity index (χ1n) is 11.7. The van der Waals surface area contributed by atoms with Crippen molar-refractivity contribution < 1.29 is 23.8 Å². The third-order valence-corrected chi connectivity index (χ3v) is 5.86. The number of anilines is 1. The average molecular weight is 490 g/mol. The third kappa shape index (κ3) is 6.14. The van der Waals surface area contributed by atoms with Crippen LogP contribution < -0.4 is 10.1 Å². The van der Waals surface area contributed by atoms with Gasteiger partial charge in [0, 0.05) is 18.7 Å². The van der Waals surface area contributed by atoms with Crippen molar-refractivity contribution >= 4 is 29.0 Å². The Balaban J connectivity index is 1.71. The van der Waals surface area contributed by atoms with E-state index in [2.05, 4.69) is 5.32 Å². The lowest BCUT2D eigenvalue weighted by molar-refractivity contribution is -0.137. The fourth-order valence-electron chi connectivity index (χ4n) is 4.04. The van der Waals surface area contributed by atoms with Crippen molar-refractivity contribution in [3.8, 4) is 5.75 Å². The summed E-state index contributed by atoms with van der Waals surface area (Å²) in [7, 11) is 3.95. The number of aliphatic carboxylic acids is 1. The summed E-state index contributed by atoms with van der Waals surface area (Å²) < 4.78 is 19.6. The van der Waals surface area contributed by atoms with Crippen LogP contribution in [-0.4, -0.2) is 54.8 Å². The summed E-state index contributed by atoms with van der Waals surface area (Å²) in [4.78, 5) is 31.0. The summed E-state index contributed by atoms with van der Waals surface area (Å²) in [6.07, 6.45) is 0.353. The van der Waals surface area contributed by atoms with Gasteiger partial charge in [-0.3, -0.25) is 14.6 Å². The topological polar surface area (TPSA) is 91.2 Å². The second kappa shape index (κ2) is 11.1. The van der Waals surface area contributed by atoms with E-state index in [1.54, 1.807) is 6.07 Å². The van der Waals surface area contributed by atoms with Crippen molar-refractivity contribution in [3.05, 3.63) is 89.2 Å². The van der Waals surface area contributed by atoms with Crippen LogP contribution in [0.25, 0.3) is 0 Å². The average Bonchev–Trinajstić information content (AvgIpc) is 3.16. The van der Waals surface area contributed by atoms with Crippen molar-refractivity contribution in [2.45, 2.75) is 18.8 Å². The van der Waals surface area contributed by atoms with E-state index in [-0.39, 0.29) is 12.3 Å². The molecule has 7 nitrogen and oxygen atoms in total. The van der Waals surface area contributed by atoms with E-state index in [1.165, 1.54) is 12.1 Å². The number of ether oxygens (including phenoxy) is 1. The van der Waals surface area contributed by atoms with Crippen LogP contribution >= 0.6 is 0 Å². The second-order valence-electron chi connectivity index (χ2n) is 8.89. The van der Waals surface area contributed by atoms with Crippen LogP contribution in [0.5, 0.6) is 5.75 Å². The van der Waals surface area contributed by atoms with Gasteiger partial charge >= 0.3 is 5.97 Å². The largest absolute Gasteiger partial charge is 0.492 e. The molecule has 0 saturated carbocycles. The molecule has 186 valence electrons. The molecule has 36 heavy (non-hydrogen) atoms. The molecule has 1 amide bonds. The molecule has 0 bridgehead atoms. The Bertz CT molecular complexity index is 1290. The monoisotopic (exact) mass is 489 g/mol. The van der Waals surface area contributed by atoms with Crippen molar-refractivity contribution in [3.63, 3.8) is 0 Å². The Kier molecular flexibility index (Phi) is 7.75. The predicted molar refractivity (Wildman–Crippen MR) is 137 cm³/mol. The number of carboxylic acid groups (broad SMARTS) is 1. The van der Waals surface area contributed by atoms with Crippen molar-refractivity contribution in [1.82, 2.24) is 4.90 Å². The van der Waals surface area contributed by atoms with E-state index in [9.17, 15) is 14.0 Å². The lowest BCUT2D eigenvalue weighted by Crippen LogP contribution is -2.22. The third-order valence-electron chi connectivity index (χ3n) is 5.86. The standard InChI is InChI=1S/C28H28FN3O4/c1-32(2)14-15-36-22-10-8-21(9-11-22)30-27(19-5-3-4-18(16-19)6-13-25(33)34)26-23-12-7-20(29)17-24(23)31-28(26)35/h3-5,7-12,16-17,26H,6,13-15H2,1-2H3,(H,31,35)(H,33,34). The summed E-state index contributed by atoms with van der Waals surface area (Å²) in [5.41, 5.74) is 3.70. The number of carbonyl (C=O) groups is 2. The highest BCUT2D eigenvalue weighted by molar-refractivity contribution is 6.24.